The van der Waals surface area contributed by atoms with E-state index in [1.807, 2.05) is 6.07 Å². The van der Waals surface area contributed by atoms with Crippen molar-refractivity contribution in [2.75, 3.05) is 32.4 Å². The fraction of sp³-hybridized carbons (Fsp3) is 0.571. The number of piperazine rings is 1. The summed E-state index contributed by atoms with van der Waals surface area (Å²) in [6, 6.07) is 5.35. The summed E-state index contributed by atoms with van der Waals surface area (Å²) in [7, 11) is -6.80. The van der Waals surface area contributed by atoms with E-state index in [0.717, 1.165) is 31.1 Å². The second-order valence-corrected chi connectivity index (χ2v) is 9.77. The molecule has 0 radical (unpaired) electrons. The van der Waals surface area contributed by atoms with Crippen LogP contribution in [-0.2, 0) is 32.9 Å². The van der Waals surface area contributed by atoms with Gasteiger partial charge in [0.1, 0.15) is 0 Å². The van der Waals surface area contributed by atoms with Crippen LogP contribution in [0.25, 0.3) is 0 Å². The van der Waals surface area contributed by atoms with E-state index in [0.29, 0.717) is 4.90 Å². The van der Waals surface area contributed by atoms with Crippen LogP contribution in [0.4, 0.5) is 0 Å². The molecular formula is C14H20N2O4S2. The summed E-state index contributed by atoms with van der Waals surface area (Å²) < 4.78 is 51.1. The van der Waals surface area contributed by atoms with E-state index in [-0.39, 0.29) is 26.2 Å². The molecule has 8 heteroatoms. The third kappa shape index (κ3) is 2.92. The molecule has 6 nitrogen and oxygen atoms in total. The molecule has 0 bridgehead atoms. The molecule has 0 aromatic heterocycles. The van der Waals surface area contributed by atoms with Crippen molar-refractivity contribution in [1.29, 1.82) is 0 Å². The monoisotopic (exact) mass is 344 g/mol. The van der Waals surface area contributed by atoms with Crippen LogP contribution in [-0.4, -0.2) is 57.9 Å². The van der Waals surface area contributed by atoms with Crippen molar-refractivity contribution in [2.24, 2.45) is 0 Å². The van der Waals surface area contributed by atoms with Crippen molar-refractivity contribution in [2.45, 2.75) is 24.2 Å². The number of hydrogen-bond donors (Lipinski definition) is 0. The Balaban J connectivity index is 1.80. The zero-order valence-electron chi connectivity index (χ0n) is 12.5. The average molecular weight is 344 g/mol. The lowest BCUT2D eigenvalue weighted by Gasteiger charge is -2.32. The smallest absolute Gasteiger partial charge is 0.213 e. The SMILES string of the molecule is CS(=O)(=O)N1CCN(S(=O)(=O)c2ccc3c(c2)CCC3)CC1. The molecule has 122 valence electrons. The number of fused-ring (bicyclic) bond motifs is 1. The number of benzene rings is 1. The lowest BCUT2D eigenvalue weighted by atomic mass is 10.1. The number of aryl methyl sites for hydroxylation is 2. The van der Waals surface area contributed by atoms with Crippen LogP contribution in [0.5, 0.6) is 0 Å². The fourth-order valence-corrected chi connectivity index (χ4v) is 5.40. The van der Waals surface area contributed by atoms with Gasteiger partial charge in [-0.2, -0.15) is 8.61 Å². The Morgan fingerprint density at radius 1 is 0.864 bits per heavy atom. The molecule has 1 saturated heterocycles. The summed E-state index contributed by atoms with van der Waals surface area (Å²) in [5, 5.41) is 0. The first-order valence-corrected chi connectivity index (χ1v) is 10.6. The Bertz CT molecular complexity index is 779. The van der Waals surface area contributed by atoms with E-state index in [2.05, 4.69) is 0 Å². The maximum atomic E-state index is 12.7. The van der Waals surface area contributed by atoms with Gasteiger partial charge in [-0.1, -0.05) is 6.07 Å². The Labute approximate surface area is 131 Å². The van der Waals surface area contributed by atoms with E-state index in [4.69, 9.17) is 0 Å². The lowest BCUT2D eigenvalue weighted by Crippen LogP contribution is -2.50. The Kier molecular flexibility index (Phi) is 4.05. The van der Waals surface area contributed by atoms with Crippen LogP contribution in [0.2, 0.25) is 0 Å². The number of sulfonamides is 2. The van der Waals surface area contributed by atoms with Crippen molar-refractivity contribution >= 4 is 20.0 Å². The Morgan fingerprint density at radius 2 is 1.45 bits per heavy atom. The fourth-order valence-electron chi connectivity index (χ4n) is 3.10. The number of nitrogens with zero attached hydrogens (tertiary/aromatic N) is 2. The zero-order valence-corrected chi connectivity index (χ0v) is 14.2. The summed E-state index contributed by atoms with van der Waals surface area (Å²) in [5.74, 6) is 0. The van der Waals surface area contributed by atoms with Gasteiger partial charge in [0.05, 0.1) is 11.2 Å². The summed E-state index contributed by atoms with van der Waals surface area (Å²) in [6.45, 7) is 0.824. The van der Waals surface area contributed by atoms with Crippen LogP contribution < -0.4 is 0 Å². The van der Waals surface area contributed by atoms with Gasteiger partial charge in [0, 0.05) is 26.2 Å². The summed E-state index contributed by atoms with van der Waals surface area (Å²) in [4.78, 5) is 0.320. The normalized spacial score (nSPS) is 21.0. The third-order valence-electron chi connectivity index (χ3n) is 4.37. The van der Waals surface area contributed by atoms with Gasteiger partial charge in [0.15, 0.2) is 0 Å². The van der Waals surface area contributed by atoms with Crippen molar-refractivity contribution in [3.8, 4) is 0 Å². The highest BCUT2D eigenvalue weighted by atomic mass is 32.2. The van der Waals surface area contributed by atoms with Gasteiger partial charge >= 0.3 is 0 Å². The highest BCUT2D eigenvalue weighted by Crippen LogP contribution is 2.26. The standard InChI is InChI=1S/C14H20N2O4S2/c1-21(17,18)15-7-9-16(10-8-15)22(19,20)14-6-5-12-3-2-4-13(12)11-14/h5-6,11H,2-4,7-10H2,1H3. The molecule has 0 unspecified atom stereocenters. The van der Waals surface area contributed by atoms with Gasteiger partial charge < -0.3 is 0 Å². The molecule has 1 heterocycles. The maximum Gasteiger partial charge on any atom is 0.243 e. The highest BCUT2D eigenvalue weighted by molar-refractivity contribution is 7.89. The molecule has 0 atom stereocenters. The molecule has 1 aliphatic carbocycles. The first kappa shape index (κ1) is 15.9. The van der Waals surface area contributed by atoms with E-state index < -0.39 is 20.0 Å². The second kappa shape index (κ2) is 5.59. The van der Waals surface area contributed by atoms with Crippen LogP contribution in [0.3, 0.4) is 0 Å². The Hall–Kier alpha value is -0.960. The molecule has 0 saturated carbocycles. The minimum absolute atomic E-state index is 0.201. The van der Waals surface area contributed by atoms with Gasteiger partial charge in [0.2, 0.25) is 20.0 Å². The molecule has 1 aromatic carbocycles. The first-order valence-electron chi connectivity index (χ1n) is 7.35. The third-order valence-corrected chi connectivity index (χ3v) is 7.57. The Morgan fingerprint density at radius 3 is 2.09 bits per heavy atom. The molecular weight excluding hydrogens is 324 g/mol. The topological polar surface area (TPSA) is 74.8 Å². The molecule has 0 amide bonds. The predicted molar refractivity (Wildman–Crippen MR) is 83.6 cm³/mol. The first-order chi connectivity index (χ1) is 10.3. The zero-order chi connectivity index (χ0) is 16.0. The minimum Gasteiger partial charge on any atom is -0.213 e. The summed E-state index contributed by atoms with van der Waals surface area (Å²) >= 11 is 0. The van der Waals surface area contributed by atoms with Crippen molar-refractivity contribution in [1.82, 2.24) is 8.61 Å². The van der Waals surface area contributed by atoms with E-state index in [9.17, 15) is 16.8 Å². The van der Waals surface area contributed by atoms with E-state index >= 15 is 0 Å². The second-order valence-electron chi connectivity index (χ2n) is 5.85. The van der Waals surface area contributed by atoms with Crippen LogP contribution in [0.1, 0.15) is 17.5 Å². The van der Waals surface area contributed by atoms with Crippen LogP contribution in [0, 0.1) is 0 Å². The molecule has 22 heavy (non-hydrogen) atoms. The van der Waals surface area contributed by atoms with Crippen LogP contribution in [0.15, 0.2) is 23.1 Å². The largest absolute Gasteiger partial charge is 0.243 e. The van der Waals surface area contributed by atoms with Gasteiger partial charge in [-0.3, -0.25) is 0 Å². The van der Waals surface area contributed by atoms with Crippen molar-refractivity contribution in [3.63, 3.8) is 0 Å². The maximum absolute atomic E-state index is 12.7. The molecule has 2 aliphatic rings. The summed E-state index contributed by atoms with van der Waals surface area (Å²) in [6.07, 6.45) is 4.17. The lowest BCUT2D eigenvalue weighted by molar-refractivity contribution is 0.274. The van der Waals surface area contributed by atoms with E-state index in [1.165, 1.54) is 14.2 Å². The molecule has 3 rings (SSSR count). The van der Waals surface area contributed by atoms with Gasteiger partial charge in [0.25, 0.3) is 0 Å². The molecule has 0 N–H and O–H groups in total. The van der Waals surface area contributed by atoms with Crippen molar-refractivity contribution < 1.29 is 16.8 Å². The summed E-state index contributed by atoms with van der Waals surface area (Å²) in [5.41, 5.74) is 2.36. The van der Waals surface area contributed by atoms with Crippen LogP contribution >= 0.6 is 0 Å². The minimum atomic E-state index is -3.54. The van der Waals surface area contributed by atoms with Gasteiger partial charge in [-0.05, 0) is 42.5 Å². The molecule has 1 aliphatic heterocycles. The quantitative estimate of drug-likeness (QED) is 0.797. The molecule has 1 aromatic rings. The van der Waals surface area contributed by atoms with E-state index in [1.54, 1.807) is 12.1 Å². The average Bonchev–Trinajstić information content (AvgIpc) is 2.94. The number of rotatable bonds is 3. The highest BCUT2D eigenvalue weighted by Gasteiger charge is 2.31. The van der Waals surface area contributed by atoms with Crippen molar-refractivity contribution in [3.05, 3.63) is 29.3 Å². The van der Waals surface area contributed by atoms with Gasteiger partial charge in [-0.25, -0.2) is 16.8 Å². The van der Waals surface area contributed by atoms with Gasteiger partial charge in [-0.15, -0.1) is 0 Å². The predicted octanol–water partition coefficient (Wildman–Crippen LogP) is 0.441. The number of hydrogen-bond acceptors (Lipinski definition) is 4. The molecule has 0 spiro atoms. The molecule has 1 fully saturated rings.